The zero-order chi connectivity index (χ0) is 16.6. The monoisotopic (exact) mass is 314 g/mol. The Hall–Kier alpha value is -1.84. The van der Waals surface area contributed by atoms with Crippen LogP contribution in [-0.4, -0.2) is 36.3 Å². The van der Waals surface area contributed by atoms with E-state index in [9.17, 15) is 9.59 Å². The lowest BCUT2D eigenvalue weighted by Crippen LogP contribution is -2.43. The molecule has 0 bridgehead atoms. The summed E-state index contributed by atoms with van der Waals surface area (Å²) in [4.78, 5) is 28.3. The van der Waals surface area contributed by atoms with Gasteiger partial charge in [0.05, 0.1) is 0 Å². The van der Waals surface area contributed by atoms with Gasteiger partial charge in [0.2, 0.25) is 11.8 Å². The summed E-state index contributed by atoms with van der Waals surface area (Å²) in [5.74, 6) is 1.34. The Morgan fingerprint density at radius 1 is 1.13 bits per heavy atom. The van der Waals surface area contributed by atoms with Crippen molar-refractivity contribution in [3.05, 3.63) is 29.8 Å². The van der Waals surface area contributed by atoms with Crippen molar-refractivity contribution in [2.75, 3.05) is 24.5 Å². The number of piperidine rings is 1. The van der Waals surface area contributed by atoms with Crippen LogP contribution < -0.4 is 4.90 Å². The first kappa shape index (κ1) is 16.0. The van der Waals surface area contributed by atoms with Crippen LogP contribution in [-0.2, 0) is 9.59 Å². The predicted molar refractivity (Wildman–Crippen MR) is 91.4 cm³/mol. The van der Waals surface area contributed by atoms with Crippen molar-refractivity contribution < 1.29 is 9.59 Å². The Kier molecular flexibility index (Phi) is 4.42. The van der Waals surface area contributed by atoms with Crippen molar-refractivity contribution in [3.8, 4) is 0 Å². The topological polar surface area (TPSA) is 40.6 Å². The summed E-state index contributed by atoms with van der Waals surface area (Å²) in [5, 5.41) is 0. The number of hydrogen-bond acceptors (Lipinski definition) is 2. The Morgan fingerprint density at radius 2 is 1.78 bits per heavy atom. The van der Waals surface area contributed by atoms with Crippen molar-refractivity contribution in [2.24, 2.45) is 11.8 Å². The fourth-order valence-corrected chi connectivity index (χ4v) is 3.88. The van der Waals surface area contributed by atoms with Crippen LogP contribution in [0.25, 0.3) is 0 Å². The zero-order valence-electron chi connectivity index (χ0n) is 14.3. The normalized spacial score (nSPS) is 21.7. The number of carbonyl (C=O) groups excluding carboxylic acids is 2. The molecule has 1 fully saturated rings. The standard InChI is InChI=1S/C19H26N2O2/c1-13(2)17-12-21(18-7-5-4-6-16(17)18)19(23)15-8-10-20(11-9-15)14(3)22/h4-7,13,15,17H,8-12H2,1-3H3. The maximum absolute atomic E-state index is 13.0. The van der Waals surface area contributed by atoms with E-state index in [4.69, 9.17) is 0 Å². The molecule has 124 valence electrons. The minimum absolute atomic E-state index is 0.0459. The van der Waals surface area contributed by atoms with Crippen LogP contribution >= 0.6 is 0 Å². The molecule has 1 aromatic carbocycles. The summed E-state index contributed by atoms with van der Waals surface area (Å²) < 4.78 is 0. The lowest BCUT2D eigenvalue weighted by Gasteiger charge is -2.33. The van der Waals surface area contributed by atoms with Gasteiger partial charge in [-0.2, -0.15) is 0 Å². The molecular weight excluding hydrogens is 288 g/mol. The summed E-state index contributed by atoms with van der Waals surface area (Å²) in [6.45, 7) is 8.25. The number of nitrogens with zero attached hydrogens (tertiary/aromatic N) is 2. The highest BCUT2D eigenvalue weighted by Gasteiger charge is 2.37. The third kappa shape index (κ3) is 2.99. The van der Waals surface area contributed by atoms with Crippen LogP contribution in [0.4, 0.5) is 5.69 Å². The van der Waals surface area contributed by atoms with Crippen LogP contribution in [0.2, 0.25) is 0 Å². The van der Waals surface area contributed by atoms with Gasteiger partial charge in [0.15, 0.2) is 0 Å². The van der Waals surface area contributed by atoms with Crippen LogP contribution in [0, 0.1) is 11.8 Å². The number of para-hydroxylation sites is 1. The van der Waals surface area contributed by atoms with Gasteiger partial charge in [-0.1, -0.05) is 32.0 Å². The van der Waals surface area contributed by atoms with E-state index in [0.717, 1.165) is 25.1 Å². The smallest absolute Gasteiger partial charge is 0.230 e. The van der Waals surface area contributed by atoms with Crippen molar-refractivity contribution in [3.63, 3.8) is 0 Å². The van der Waals surface area contributed by atoms with Crippen LogP contribution in [0.1, 0.15) is 45.1 Å². The highest BCUT2D eigenvalue weighted by Crippen LogP contribution is 2.41. The van der Waals surface area contributed by atoms with E-state index >= 15 is 0 Å². The first-order valence-electron chi connectivity index (χ1n) is 8.65. The second kappa shape index (κ2) is 6.34. The molecule has 3 rings (SSSR count). The van der Waals surface area contributed by atoms with E-state index in [-0.39, 0.29) is 17.7 Å². The van der Waals surface area contributed by atoms with Crippen molar-refractivity contribution >= 4 is 17.5 Å². The lowest BCUT2D eigenvalue weighted by atomic mass is 9.90. The Bertz CT molecular complexity index is 603. The largest absolute Gasteiger partial charge is 0.343 e. The summed E-state index contributed by atoms with van der Waals surface area (Å²) in [5.41, 5.74) is 2.39. The number of hydrogen-bond donors (Lipinski definition) is 0. The number of likely N-dealkylation sites (tertiary alicyclic amines) is 1. The number of carbonyl (C=O) groups is 2. The summed E-state index contributed by atoms with van der Waals surface area (Å²) in [6, 6.07) is 8.31. The number of rotatable bonds is 2. The van der Waals surface area contributed by atoms with E-state index in [0.29, 0.717) is 24.9 Å². The number of anilines is 1. The zero-order valence-corrected chi connectivity index (χ0v) is 14.3. The Morgan fingerprint density at radius 3 is 2.39 bits per heavy atom. The molecule has 2 heterocycles. The minimum atomic E-state index is 0.0459. The first-order valence-corrected chi connectivity index (χ1v) is 8.65. The second-order valence-corrected chi connectivity index (χ2v) is 7.14. The van der Waals surface area contributed by atoms with Crippen molar-refractivity contribution in [2.45, 2.75) is 39.5 Å². The number of fused-ring (bicyclic) bond motifs is 1. The Balaban J connectivity index is 1.75. The molecule has 0 saturated carbocycles. The third-order valence-electron chi connectivity index (χ3n) is 5.37. The van der Waals surface area contributed by atoms with Crippen molar-refractivity contribution in [1.82, 2.24) is 4.90 Å². The minimum Gasteiger partial charge on any atom is -0.343 e. The molecule has 2 aliphatic rings. The molecule has 4 heteroatoms. The highest BCUT2D eigenvalue weighted by atomic mass is 16.2. The molecule has 0 N–H and O–H groups in total. The molecule has 1 aromatic rings. The van der Waals surface area contributed by atoms with Gasteiger partial charge in [0, 0.05) is 44.1 Å². The van der Waals surface area contributed by atoms with Gasteiger partial charge in [0.25, 0.3) is 0 Å². The molecule has 1 unspecified atom stereocenters. The molecule has 2 amide bonds. The fraction of sp³-hybridized carbons (Fsp3) is 0.579. The molecule has 23 heavy (non-hydrogen) atoms. The first-order chi connectivity index (χ1) is 11.0. The van der Waals surface area contributed by atoms with Gasteiger partial charge < -0.3 is 9.80 Å². The average molecular weight is 314 g/mol. The van der Waals surface area contributed by atoms with Crippen molar-refractivity contribution in [1.29, 1.82) is 0 Å². The molecular formula is C19H26N2O2. The highest BCUT2D eigenvalue weighted by molar-refractivity contribution is 5.97. The molecule has 2 aliphatic heterocycles. The van der Waals surface area contributed by atoms with Gasteiger partial charge in [0.1, 0.15) is 0 Å². The molecule has 0 radical (unpaired) electrons. The summed E-state index contributed by atoms with van der Waals surface area (Å²) in [6.07, 6.45) is 1.56. The lowest BCUT2D eigenvalue weighted by molar-refractivity contribution is -0.133. The quantitative estimate of drug-likeness (QED) is 0.842. The summed E-state index contributed by atoms with van der Waals surface area (Å²) >= 11 is 0. The fourth-order valence-electron chi connectivity index (χ4n) is 3.88. The molecule has 0 spiro atoms. The average Bonchev–Trinajstić information content (AvgIpc) is 2.94. The predicted octanol–water partition coefficient (Wildman–Crippen LogP) is 3.03. The molecule has 1 atom stereocenters. The number of benzene rings is 1. The van der Waals surface area contributed by atoms with Gasteiger partial charge in [-0.3, -0.25) is 9.59 Å². The second-order valence-electron chi connectivity index (χ2n) is 7.14. The molecule has 4 nitrogen and oxygen atoms in total. The van der Waals surface area contributed by atoms with E-state index in [1.165, 1.54) is 5.56 Å². The molecule has 0 aromatic heterocycles. The van der Waals surface area contributed by atoms with Gasteiger partial charge in [-0.25, -0.2) is 0 Å². The van der Waals surface area contributed by atoms with Gasteiger partial charge in [-0.05, 0) is 30.4 Å². The van der Waals surface area contributed by atoms with Crippen LogP contribution in [0.5, 0.6) is 0 Å². The molecule has 0 aliphatic carbocycles. The van der Waals surface area contributed by atoms with E-state index in [1.54, 1.807) is 6.92 Å². The van der Waals surface area contributed by atoms with Gasteiger partial charge in [-0.15, -0.1) is 0 Å². The van der Waals surface area contributed by atoms with Gasteiger partial charge >= 0.3 is 0 Å². The Labute approximate surface area is 138 Å². The van der Waals surface area contributed by atoms with E-state index < -0.39 is 0 Å². The van der Waals surface area contributed by atoms with Crippen LogP contribution in [0.3, 0.4) is 0 Å². The van der Waals surface area contributed by atoms with E-state index in [2.05, 4.69) is 32.0 Å². The number of amides is 2. The summed E-state index contributed by atoms with van der Waals surface area (Å²) in [7, 11) is 0. The SMILES string of the molecule is CC(=O)N1CCC(C(=O)N2CC(C(C)C)c3ccccc32)CC1. The van der Waals surface area contributed by atoms with E-state index in [1.807, 2.05) is 15.9 Å². The third-order valence-corrected chi connectivity index (χ3v) is 5.37. The maximum atomic E-state index is 13.0. The van der Waals surface area contributed by atoms with Crippen LogP contribution in [0.15, 0.2) is 24.3 Å². The maximum Gasteiger partial charge on any atom is 0.230 e. The molecule has 1 saturated heterocycles.